The van der Waals surface area contributed by atoms with Crippen molar-refractivity contribution in [2.45, 2.75) is 45.2 Å². The van der Waals surface area contributed by atoms with E-state index in [1.54, 1.807) is 23.3 Å². The van der Waals surface area contributed by atoms with Crippen LogP contribution in [0.5, 0.6) is 5.75 Å². The predicted octanol–water partition coefficient (Wildman–Crippen LogP) is 3.88. The number of carbonyl (C=O) groups excluding carboxylic acids is 2. The van der Waals surface area contributed by atoms with E-state index >= 15 is 0 Å². The lowest BCUT2D eigenvalue weighted by molar-refractivity contribution is -0.143. The number of thiophene rings is 1. The first kappa shape index (κ1) is 20.0. The van der Waals surface area contributed by atoms with Crippen molar-refractivity contribution in [3.8, 4) is 5.75 Å². The Morgan fingerprint density at radius 1 is 1.21 bits per heavy atom. The van der Waals surface area contributed by atoms with Crippen molar-refractivity contribution in [1.29, 1.82) is 0 Å². The molecule has 0 N–H and O–H groups in total. The molecule has 154 valence electrons. The molecule has 2 aromatic rings. The Hall–Kier alpha value is -2.34. The zero-order valence-corrected chi connectivity index (χ0v) is 18.1. The highest BCUT2D eigenvalue weighted by Crippen LogP contribution is 2.38. The Morgan fingerprint density at radius 3 is 2.55 bits per heavy atom. The summed E-state index contributed by atoms with van der Waals surface area (Å²) in [5.74, 6) is 1.06. The van der Waals surface area contributed by atoms with Crippen molar-refractivity contribution in [3.05, 3.63) is 51.7 Å². The molecule has 4 rings (SSSR count). The van der Waals surface area contributed by atoms with Gasteiger partial charge in [0.05, 0.1) is 13.2 Å². The highest BCUT2D eigenvalue weighted by molar-refractivity contribution is 7.10. The van der Waals surface area contributed by atoms with Gasteiger partial charge in [0, 0.05) is 23.4 Å². The average Bonchev–Trinajstić information content (AvgIpc) is 3.47. The molecule has 0 spiro atoms. The second kappa shape index (κ2) is 8.19. The number of methoxy groups -OCH3 is 1. The normalized spacial score (nSPS) is 18.5. The van der Waals surface area contributed by atoms with E-state index in [9.17, 15) is 9.59 Å². The number of nitrogens with zero attached hydrogens (tertiary/aromatic N) is 2. The molecule has 1 aliphatic heterocycles. The summed E-state index contributed by atoms with van der Waals surface area (Å²) in [6, 6.07) is 9.98. The van der Waals surface area contributed by atoms with Gasteiger partial charge in [-0.1, -0.05) is 12.1 Å². The van der Waals surface area contributed by atoms with E-state index in [0.717, 1.165) is 30.6 Å². The maximum atomic E-state index is 13.4. The van der Waals surface area contributed by atoms with E-state index in [4.69, 9.17) is 4.74 Å². The van der Waals surface area contributed by atoms with E-state index in [1.165, 1.54) is 10.4 Å². The minimum Gasteiger partial charge on any atom is -0.497 e. The lowest BCUT2D eigenvalue weighted by Gasteiger charge is -2.38. The average molecular weight is 413 g/mol. The fraction of sp³-hybridized carbons (Fsp3) is 0.478. The van der Waals surface area contributed by atoms with Crippen LogP contribution in [0.25, 0.3) is 0 Å². The van der Waals surface area contributed by atoms with Crippen LogP contribution in [-0.2, 0) is 16.0 Å². The summed E-state index contributed by atoms with van der Waals surface area (Å²) in [5, 5.41) is 2.10. The zero-order valence-electron chi connectivity index (χ0n) is 17.3. The SMILES string of the molecule is COc1ccc([C@H]2c3ccsc3CCN2C(=O)CN(C(=O)C2CC2)C(C)C)cc1. The van der Waals surface area contributed by atoms with Gasteiger partial charge in [0.15, 0.2) is 0 Å². The van der Waals surface area contributed by atoms with Crippen molar-refractivity contribution in [2.24, 2.45) is 5.92 Å². The van der Waals surface area contributed by atoms with Gasteiger partial charge in [0.1, 0.15) is 12.3 Å². The Balaban J connectivity index is 1.61. The molecule has 0 radical (unpaired) electrons. The minimum absolute atomic E-state index is 0.0189. The standard InChI is InChI=1S/C23H28N2O3S/c1-15(2)25(23(27)17-4-5-17)14-21(26)24-12-10-20-19(11-13-29-20)22(24)16-6-8-18(28-3)9-7-16/h6-9,11,13,15,17,22H,4-5,10,12,14H2,1-3H3/t22-/m0/s1. The number of hydrogen-bond donors (Lipinski definition) is 0. The van der Waals surface area contributed by atoms with Crippen LogP contribution >= 0.6 is 11.3 Å². The van der Waals surface area contributed by atoms with Gasteiger partial charge in [-0.15, -0.1) is 11.3 Å². The number of rotatable bonds is 6. The summed E-state index contributed by atoms with van der Waals surface area (Å²) in [4.78, 5) is 31.1. The Morgan fingerprint density at radius 2 is 1.93 bits per heavy atom. The fourth-order valence-corrected chi connectivity index (χ4v) is 4.95. The smallest absolute Gasteiger partial charge is 0.243 e. The van der Waals surface area contributed by atoms with Gasteiger partial charge < -0.3 is 14.5 Å². The van der Waals surface area contributed by atoms with Crippen molar-refractivity contribution in [3.63, 3.8) is 0 Å². The molecule has 5 nitrogen and oxygen atoms in total. The maximum Gasteiger partial charge on any atom is 0.243 e. The third kappa shape index (κ3) is 4.04. The largest absolute Gasteiger partial charge is 0.497 e. The summed E-state index contributed by atoms with van der Waals surface area (Å²) in [6.07, 6.45) is 2.77. The molecule has 1 aromatic heterocycles. The maximum absolute atomic E-state index is 13.4. The Kier molecular flexibility index (Phi) is 5.63. The molecule has 2 amide bonds. The molecule has 1 fully saturated rings. The summed E-state index contributed by atoms with van der Waals surface area (Å²) in [5.41, 5.74) is 2.27. The van der Waals surface area contributed by atoms with Crippen molar-refractivity contribution < 1.29 is 14.3 Å². The van der Waals surface area contributed by atoms with Crippen LogP contribution < -0.4 is 4.74 Å². The molecule has 2 heterocycles. The molecule has 29 heavy (non-hydrogen) atoms. The van der Waals surface area contributed by atoms with Crippen LogP contribution in [0.2, 0.25) is 0 Å². The highest BCUT2D eigenvalue weighted by atomic mass is 32.1. The molecule has 0 saturated heterocycles. The van der Waals surface area contributed by atoms with Crippen LogP contribution in [-0.4, -0.2) is 47.9 Å². The number of benzene rings is 1. The molecule has 2 aliphatic rings. The zero-order chi connectivity index (χ0) is 20.5. The molecule has 1 saturated carbocycles. The van der Waals surface area contributed by atoms with Gasteiger partial charge in [0.25, 0.3) is 0 Å². The number of fused-ring (bicyclic) bond motifs is 1. The quantitative estimate of drug-likeness (QED) is 0.724. The van der Waals surface area contributed by atoms with Gasteiger partial charge in [-0.05, 0) is 67.8 Å². The first-order valence-electron chi connectivity index (χ1n) is 10.3. The lowest BCUT2D eigenvalue weighted by Crippen LogP contribution is -2.49. The molecule has 1 aliphatic carbocycles. The van der Waals surface area contributed by atoms with Crippen LogP contribution in [0.15, 0.2) is 35.7 Å². The van der Waals surface area contributed by atoms with Gasteiger partial charge >= 0.3 is 0 Å². The monoisotopic (exact) mass is 412 g/mol. The highest BCUT2D eigenvalue weighted by Gasteiger charge is 2.38. The minimum atomic E-state index is -0.117. The Labute approximate surface area is 176 Å². The molecule has 6 heteroatoms. The molecule has 1 aromatic carbocycles. The number of ether oxygens (including phenoxy) is 1. The van der Waals surface area contributed by atoms with E-state index in [1.807, 2.05) is 43.0 Å². The van der Waals surface area contributed by atoms with Crippen LogP contribution in [0.4, 0.5) is 0 Å². The Bertz CT molecular complexity index is 886. The summed E-state index contributed by atoms with van der Waals surface area (Å²) >= 11 is 1.75. The van der Waals surface area contributed by atoms with E-state index < -0.39 is 0 Å². The first-order valence-corrected chi connectivity index (χ1v) is 11.2. The summed E-state index contributed by atoms with van der Waals surface area (Å²) < 4.78 is 5.30. The number of carbonyl (C=O) groups is 2. The van der Waals surface area contributed by atoms with Gasteiger partial charge in [-0.25, -0.2) is 0 Å². The molecule has 0 bridgehead atoms. The lowest BCUT2D eigenvalue weighted by atomic mass is 9.93. The van der Waals surface area contributed by atoms with Gasteiger partial charge in [-0.2, -0.15) is 0 Å². The summed E-state index contributed by atoms with van der Waals surface area (Å²) in [7, 11) is 1.65. The summed E-state index contributed by atoms with van der Waals surface area (Å²) in [6.45, 7) is 4.80. The van der Waals surface area contributed by atoms with Crippen LogP contribution in [0, 0.1) is 5.92 Å². The van der Waals surface area contributed by atoms with Crippen molar-refractivity contribution in [1.82, 2.24) is 9.80 Å². The van der Waals surface area contributed by atoms with E-state index in [0.29, 0.717) is 6.54 Å². The van der Waals surface area contributed by atoms with Crippen molar-refractivity contribution in [2.75, 3.05) is 20.2 Å². The van der Waals surface area contributed by atoms with E-state index in [2.05, 4.69) is 11.4 Å². The molecular formula is C23H28N2O3S. The topological polar surface area (TPSA) is 49.9 Å². The van der Waals surface area contributed by atoms with Crippen molar-refractivity contribution >= 4 is 23.2 Å². The molecule has 0 unspecified atom stereocenters. The number of hydrogen-bond acceptors (Lipinski definition) is 4. The predicted molar refractivity (Wildman–Crippen MR) is 114 cm³/mol. The third-order valence-electron chi connectivity index (χ3n) is 5.86. The first-order chi connectivity index (χ1) is 14.0. The molecular weight excluding hydrogens is 384 g/mol. The van der Waals surface area contributed by atoms with Crippen LogP contribution in [0.1, 0.15) is 48.7 Å². The van der Waals surface area contributed by atoms with Gasteiger partial charge in [-0.3, -0.25) is 9.59 Å². The fourth-order valence-electron chi connectivity index (χ4n) is 4.05. The number of amides is 2. The van der Waals surface area contributed by atoms with Crippen LogP contribution in [0.3, 0.4) is 0 Å². The second-order valence-electron chi connectivity index (χ2n) is 8.15. The third-order valence-corrected chi connectivity index (χ3v) is 6.85. The van der Waals surface area contributed by atoms with Gasteiger partial charge in [0.2, 0.25) is 11.8 Å². The molecule has 1 atom stereocenters. The van der Waals surface area contributed by atoms with E-state index in [-0.39, 0.29) is 36.4 Å². The second-order valence-corrected chi connectivity index (χ2v) is 9.15.